The number of carbonyl (C=O) groups is 2. The van der Waals surface area contributed by atoms with E-state index in [4.69, 9.17) is 0 Å². The monoisotopic (exact) mass is 837 g/mol. The zero-order valence-electron chi connectivity index (χ0n) is 35.5. The van der Waals surface area contributed by atoms with Crippen molar-refractivity contribution in [2.45, 2.75) is 40.9 Å². The van der Waals surface area contributed by atoms with Gasteiger partial charge in [-0.05, 0) is 119 Å². The molecule has 0 saturated carbocycles. The topological polar surface area (TPSA) is 38.5 Å². The number of aromatic nitrogens is 1. The lowest BCUT2D eigenvalue weighted by molar-refractivity contribution is 0.0847. The van der Waals surface area contributed by atoms with Crippen LogP contribution in [-0.2, 0) is 5.41 Å². The maximum absolute atomic E-state index is 15.5. The Morgan fingerprint density at radius 3 is 1.35 bits per heavy atom. The van der Waals surface area contributed by atoms with E-state index in [0.29, 0.717) is 0 Å². The zero-order chi connectivity index (χ0) is 42.6. The molecular formula is C63H35NO2. The van der Waals surface area contributed by atoms with Crippen LogP contribution in [0.25, 0.3) is 38.1 Å². The average molecular weight is 838 g/mol. The predicted molar refractivity (Wildman–Crippen MR) is 258 cm³/mol. The molecule has 11 aromatic rings. The van der Waals surface area contributed by atoms with Crippen molar-refractivity contribution in [1.82, 2.24) is 4.40 Å². The van der Waals surface area contributed by atoms with Gasteiger partial charge in [-0.15, -0.1) is 0 Å². The van der Waals surface area contributed by atoms with E-state index in [-0.39, 0.29) is 52.5 Å². The number of nitrogens with zero attached hydrogens (tertiary/aromatic N) is 1. The Balaban J connectivity index is 1.01. The Morgan fingerprint density at radius 2 is 0.773 bits per heavy atom. The SMILES string of the molecule is O=C1c2cc3c(cc2C2c4ccccc4C1c1ccccc12)c1c2c(cc4c5cc6c(cc5n3c41)C(=O)C1c3ccccc3C13c1ccccc1C63)C1c3ccccc3C2c2ccccc21. The highest BCUT2D eigenvalue weighted by Crippen LogP contribution is 2.74. The Morgan fingerprint density at radius 1 is 0.348 bits per heavy atom. The van der Waals surface area contributed by atoms with Crippen molar-refractivity contribution >= 4 is 49.7 Å². The van der Waals surface area contributed by atoms with Gasteiger partial charge in [-0.1, -0.05) is 146 Å². The lowest BCUT2D eigenvalue weighted by Crippen LogP contribution is -2.61. The molecule has 0 N–H and O–H groups in total. The van der Waals surface area contributed by atoms with Crippen LogP contribution >= 0.6 is 0 Å². The molecule has 0 fully saturated rings. The van der Waals surface area contributed by atoms with Crippen LogP contribution in [0, 0.1) is 0 Å². The van der Waals surface area contributed by atoms with Crippen LogP contribution in [-0.4, -0.2) is 16.0 Å². The number of rotatable bonds is 0. The fourth-order valence-electron chi connectivity index (χ4n) is 15.9. The third-order valence-electron chi connectivity index (χ3n) is 18.1. The molecule has 4 bridgehead atoms. The van der Waals surface area contributed by atoms with Crippen LogP contribution in [0.4, 0.5) is 0 Å². The molecule has 1 spiro atoms. The normalized spacial score (nSPS) is 24.5. The second-order valence-corrected chi connectivity index (χ2v) is 20.3. The van der Waals surface area contributed by atoms with Crippen molar-refractivity contribution < 1.29 is 9.59 Å². The summed E-state index contributed by atoms with van der Waals surface area (Å²) in [6.07, 6.45) is 0. The van der Waals surface area contributed by atoms with Gasteiger partial charge in [0, 0.05) is 61.8 Å². The second-order valence-electron chi connectivity index (χ2n) is 20.3. The van der Waals surface area contributed by atoms with Gasteiger partial charge in [0.2, 0.25) is 0 Å². The first kappa shape index (κ1) is 33.6. The van der Waals surface area contributed by atoms with E-state index >= 15 is 9.59 Å². The van der Waals surface area contributed by atoms with Gasteiger partial charge in [0.25, 0.3) is 0 Å². The first-order valence-corrected chi connectivity index (χ1v) is 23.6. The molecule has 3 atom stereocenters. The van der Waals surface area contributed by atoms with Crippen molar-refractivity contribution in [2.24, 2.45) is 0 Å². The molecule has 9 aliphatic carbocycles. The van der Waals surface area contributed by atoms with E-state index in [9.17, 15) is 0 Å². The van der Waals surface area contributed by atoms with Gasteiger partial charge < -0.3 is 4.40 Å². The van der Waals surface area contributed by atoms with Crippen LogP contribution in [0.2, 0.25) is 0 Å². The largest absolute Gasteiger partial charge is 0.308 e. The summed E-state index contributed by atoms with van der Waals surface area (Å²) in [6.45, 7) is 0. The summed E-state index contributed by atoms with van der Waals surface area (Å²) in [5, 5.41) is 4.88. The molecule has 3 heteroatoms. The molecule has 3 unspecified atom stereocenters. The van der Waals surface area contributed by atoms with E-state index < -0.39 is 0 Å². The number of carbonyl (C=O) groups excluding carboxylic acids is 2. The van der Waals surface area contributed by atoms with Gasteiger partial charge in [0.15, 0.2) is 11.6 Å². The maximum atomic E-state index is 15.5. The van der Waals surface area contributed by atoms with Gasteiger partial charge in [-0.3, -0.25) is 9.59 Å². The Kier molecular flexibility index (Phi) is 5.49. The van der Waals surface area contributed by atoms with Gasteiger partial charge in [-0.2, -0.15) is 0 Å². The molecule has 20 rings (SSSR count). The van der Waals surface area contributed by atoms with Crippen molar-refractivity contribution in [3.05, 3.63) is 276 Å². The summed E-state index contributed by atoms with van der Waals surface area (Å²) in [6, 6.07) is 65.0. The molecule has 9 aromatic carbocycles. The molecular weight excluding hydrogens is 803 g/mol. The standard InChI is InChI=1S/C63H35NO2/c65-61-44-28-51-46(26-41(44)52-32-15-3-7-19-36(32)55(61)37-20-8-4-16-33(37)52)57-56-47(53-30-13-1-5-17-34(30)54(56)35-18-6-2-14-31(35)53)27-43-40-25-42-45(29-50(40)64(51)60(43)57)62(66)59-39-22-10-12-24-49(39)63(59)48-23-11-9-21-38(48)58(42)63/h1-29,52-55,58-59H. The number of ketones is 2. The quantitative estimate of drug-likeness (QED) is 0.153. The first-order valence-electron chi connectivity index (χ1n) is 23.6. The highest BCUT2D eigenvalue weighted by atomic mass is 16.1. The summed E-state index contributed by atoms with van der Waals surface area (Å²) in [4.78, 5) is 30.9. The zero-order valence-corrected chi connectivity index (χ0v) is 35.5. The molecule has 2 heterocycles. The van der Waals surface area contributed by atoms with E-state index in [1.807, 2.05) is 0 Å². The number of Topliss-reactive ketones (excluding diaryl/α,β-unsaturated/α-hetero) is 2. The third-order valence-corrected chi connectivity index (χ3v) is 18.1. The molecule has 3 nitrogen and oxygen atoms in total. The van der Waals surface area contributed by atoms with E-state index in [1.54, 1.807) is 0 Å². The third kappa shape index (κ3) is 3.33. The fourth-order valence-corrected chi connectivity index (χ4v) is 15.9. The first-order chi connectivity index (χ1) is 32.6. The van der Waals surface area contributed by atoms with Gasteiger partial charge >= 0.3 is 0 Å². The number of fused-ring (bicyclic) bond motifs is 12. The molecule has 0 radical (unpaired) electrons. The summed E-state index contributed by atoms with van der Waals surface area (Å²) >= 11 is 0. The van der Waals surface area contributed by atoms with E-state index in [2.05, 4.69) is 180 Å². The summed E-state index contributed by atoms with van der Waals surface area (Å²) in [5.41, 5.74) is 25.0. The molecule has 0 amide bonds. The lowest BCUT2D eigenvalue weighted by atomic mass is 9.36. The van der Waals surface area contributed by atoms with Crippen molar-refractivity contribution in [3.63, 3.8) is 0 Å². The van der Waals surface area contributed by atoms with E-state index in [0.717, 1.165) is 44.4 Å². The molecule has 66 heavy (non-hydrogen) atoms. The number of hydrogen-bond donors (Lipinski definition) is 0. The van der Waals surface area contributed by atoms with Gasteiger partial charge in [0.05, 0.1) is 28.4 Å². The Bertz CT molecular complexity index is 4130. The minimum absolute atomic E-state index is 0.0576. The summed E-state index contributed by atoms with van der Waals surface area (Å²) in [5.74, 6) is -0.0137. The number of benzene rings is 9. The number of hydrogen-bond acceptors (Lipinski definition) is 2. The maximum Gasteiger partial charge on any atom is 0.175 e. The molecule has 9 aliphatic rings. The predicted octanol–water partition coefficient (Wildman–Crippen LogP) is 13.4. The highest BCUT2D eigenvalue weighted by molar-refractivity contribution is 6.27. The minimum atomic E-state index is -0.365. The van der Waals surface area contributed by atoms with Crippen LogP contribution in [0.5, 0.6) is 0 Å². The van der Waals surface area contributed by atoms with Crippen LogP contribution < -0.4 is 0 Å². The lowest BCUT2D eigenvalue weighted by Gasteiger charge is -2.64. The Hall–Kier alpha value is -7.88. The highest BCUT2D eigenvalue weighted by Gasteiger charge is 2.69. The molecule has 0 aliphatic heterocycles. The summed E-state index contributed by atoms with van der Waals surface area (Å²) < 4.78 is 2.47. The minimum Gasteiger partial charge on any atom is -0.308 e. The summed E-state index contributed by atoms with van der Waals surface area (Å²) in [7, 11) is 0. The van der Waals surface area contributed by atoms with Crippen LogP contribution in [0.15, 0.2) is 176 Å². The molecule has 2 aromatic heterocycles. The van der Waals surface area contributed by atoms with Gasteiger partial charge in [0.1, 0.15) is 0 Å². The van der Waals surface area contributed by atoms with Crippen LogP contribution in [0.3, 0.4) is 0 Å². The molecule has 304 valence electrons. The Labute approximate surface area is 378 Å². The van der Waals surface area contributed by atoms with E-state index in [1.165, 1.54) is 93.8 Å². The van der Waals surface area contributed by atoms with Crippen molar-refractivity contribution in [1.29, 1.82) is 0 Å². The second kappa shape index (κ2) is 10.8. The van der Waals surface area contributed by atoms with Crippen LogP contribution in [0.1, 0.15) is 145 Å². The van der Waals surface area contributed by atoms with Crippen molar-refractivity contribution in [3.8, 4) is 0 Å². The smallest absolute Gasteiger partial charge is 0.175 e. The van der Waals surface area contributed by atoms with Gasteiger partial charge in [-0.25, -0.2) is 0 Å². The average Bonchev–Trinajstić information content (AvgIpc) is 3.79. The fraction of sp³-hybridized carbons (Fsp3) is 0.111. The van der Waals surface area contributed by atoms with Crippen molar-refractivity contribution in [2.75, 3.05) is 0 Å². The molecule has 0 saturated heterocycles.